The predicted molar refractivity (Wildman–Crippen MR) is 52.4 cm³/mol. The molecule has 1 aliphatic heterocycles. The monoisotopic (exact) mass is 177 g/mol. The number of benzene rings is 1. The lowest BCUT2D eigenvalue weighted by molar-refractivity contribution is 0.0933. The van der Waals surface area contributed by atoms with Crippen molar-refractivity contribution in [1.82, 2.24) is 4.90 Å². The quantitative estimate of drug-likeness (QED) is 0.651. The van der Waals surface area contributed by atoms with Gasteiger partial charge >= 0.3 is 0 Å². The number of likely N-dealkylation sites (N-methyl/N-ethyl adjacent to an activating group) is 1. The van der Waals surface area contributed by atoms with Crippen LogP contribution in [0.2, 0.25) is 0 Å². The lowest BCUT2D eigenvalue weighted by atomic mass is 10.0. The van der Waals surface area contributed by atoms with E-state index in [1.165, 1.54) is 5.56 Å². The lowest BCUT2D eigenvalue weighted by Crippen LogP contribution is -2.24. The summed E-state index contributed by atoms with van der Waals surface area (Å²) in [6, 6.07) is 10.9. The van der Waals surface area contributed by atoms with Crippen LogP contribution in [0.3, 0.4) is 0 Å². The summed E-state index contributed by atoms with van der Waals surface area (Å²) in [5.74, 6) is 0. The molecule has 0 bridgehead atoms. The fourth-order valence-corrected chi connectivity index (χ4v) is 1.70. The topological polar surface area (TPSA) is 12.5 Å². The van der Waals surface area contributed by atoms with E-state index in [1.807, 2.05) is 6.07 Å². The molecule has 2 heteroatoms. The molecule has 0 aromatic heterocycles. The number of nitrogens with zero attached hydrogens (tertiary/aromatic N) is 1. The van der Waals surface area contributed by atoms with Crippen LogP contribution in [0.25, 0.3) is 0 Å². The highest BCUT2D eigenvalue weighted by molar-refractivity contribution is 5.19. The van der Waals surface area contributed by atoms with Gasteiger partial charge in [0.2, 0.25) is 0 Å². The van der Waals surface area contributed by atoms with Gasteiger partial charge in [-0.15, -0.1) is 0 Å². The van der Waals surface area contributed by atoms with Gasteiger partial charge in [0.15, 0.2) is 0 Å². The molecular weight excluding hydrogens is 162 g/mol. The van der Waals surface area contributed by atoms with E-state index in [9.17, 15) is 0 Å². The van der Waals surface area contributed by atoms with Gasteiger partial charge in [-0.05, 0) is 19.5 Å². The SMILES string of the molecule is C[C@@H]1[C@H](c2ccccc2)OCN1C. The van der Waals surface area contributed by atoms with Gasteiger partial charge in [0, 0.05) is 6.04 Å². The highest BCUT2D eigenvalue weighted by Gasteiger charge is 2.29. The Morgan fingerprint density at radius 1 is 1.31 bits per heavy atom. The highest BCUT2D eigenvalue weighted by Crippen LogP contribution is 2.29. The first-order chi connectivity index (χ1) is 6.29. The first kappa shape index (κ1) is 8.73. The first-order valence-corrected chi connectivity index (χ1v) is 4.66. The summed E-state index contributed by atoms with van der Waals surface area (Å²) in [6.45, 7) is 2.94. The zero-order chi connectivity index (χ0) is 9.26. The van der Waals surface area contributed by atoms with E-state index in [1.54, 1.807) is 0 Å². The summed E-state index contributed by atoms with van der Waals surface area (Å²) in [4.78, 5) is 2.22. The normalized spacial score (nSPS) is 29.4. The average molecular weight is 177 g/mol. The molecule has 0 radical (unpaired) electrons. The van der Waals surface area contributed by atoms with Crippen molar-refractivity contribution < 1.29 is 4.74 Å². The molecule has 0 spiro atoms. The Morgan fingerprint density at radius 3 is 2.54 bits per heavy atom. The van der Waals surface area contributed by atoms with Crippen molar-refractivity contribution in [2.45, 2.75) is 19.1 Å². The molecule has 1 heterocycles. The number of hydrogen-bond acceptors (Lipinski definition) is 2. The van der Waals surface area contributed by atoms with Crippen molar-refractivity contribution in [3.8, 4) is 0 Å². The van der Waals surface area contributed by atoms with Crippen LogP contribution >= 0.6 is 0 Å². The van der Waals surface area contributed by atoms with Crippen LogP contribution in [-0.2, 0) is 4.74 Å². The fraction of sp³-hybridized carbons (Fsp3) is 0.455. The Labute approximate surface area is 79.1 Å². The Morgan fingerprint density at radius 2 is 2.00 bits per heavy atom. The van der Waals surface area contributed by atoms with Crippen LogP contribution in [0.5, 0.6) is 0 Å². The third kappa shape index (κ3) is 1.60. The summed E-state index contributed by atoms with van der Waals surface area (Å²) < 4.78 is 5.69. The van der Waals surface area contributed by atoms with Crippen LogP contribution in [0.15, 0.2) is 30.3 Å². The van der Waals surface area contributed by atoms with Crippen LogP contribution in [-0.4, -0.2) is 24.7 Å². The second-order valence-corrected chi connectivity index (χ2v) is 3.62. The molecule has 2 rings (SSSR count). The summed E-state index contributed by atoms with van der Waals surface area (Å²) in [7, 11) is 2.09. The summed E-state index contributed by atoms with van der Waals surface area (Å²) >= 11 is 0. The van der Waals surface area contributed by atoms with E-state index in [4.69, 9.17) is 4.74 Å². The van der Waals surface area contributed by atoms with Crippen molar-refractivity contribution >= 4 is 0 Å². The van der Waals surface area contributed by atoms with Gasteiger partial charge in [0.25, 0.3) is 0 Å². The molecule has 1 aromatic carbocycles. The first-order valence-electron chi connectivity index (χ1n) is 4.66. The summed E-state index contributed by atoms with van der Waals surface area (Å²) in [5.41, 5.74) is 1.28. The molecule has 0 unspecified atom stereocenters. The second-order valence-electron chi connectivity index (χ2n) is 3.62. The van der Waals surface area contributed by atoms with Crippen molar-refractivity contribution in [2.75, 3.05) is 13.8 Å². The van der Waals surface area contributed by atoms with Crippen molar-refractivity contribution in [2.24, 2.45) is 0 Å². The average Bonchev–Trinajstić information content (AvgIpc) is 2.49. The van der Waals surface area contributed by atoms with Gasteiger partial charge < -0.3 is 4.74 Å². The molecule has 0 N–H and O–H groups in total. The van der Waals surface area contributed by atoms with Gasteiger partial charge in [-0.1, -0.05) is 30.3 Å². The maximum Gasteiger partial charge on any atom is 0.1000 e. The molecule has 0 aliphatic carbocycles. The summed E-state index contributed by atoms with van der Waals surface area (Å²) in [5, 5.41) is 0. The third-order valence-electron chi connectivity index (χ3n) is 2.72. The minimum atomic E-state index is 0.242. The Kier molecular flexibility index (Phi) is 2.34. The number of ether oxygens (including phenoxy) is 1. The number of hydrogen-bond donors (Lipinski definition) is 0. The van der Waals surface area contributed by atoms with Crippen molar-refractivity contribution in [1.29, 1.82) is 0 Å². The Hall–Kier alpha value is -0.860. The molecule has 2 atom stereocenters. The Bertz CT molecular complexity index is 273. The van der Waals surface area contributed by atoms with Gasteiger partial charge in [-0.25, -0.2) is 0 Å². The largest absolute Gasteiger partial charge is 0.357 e. The zero-order valence-corrected chi connectivity index (χ0v) is 8.10. The molecule has 1 saturated heterocycles. The third-order valence-corrected chi connectivity index (χ3v) is 2.72. The van der Waals surface area contributed by atoms with Gasteiger partial charge in [0.1, 0.15) is 0 Å². The van der Waals surface area contributed by atoms with E-state index in [0.717, 1.165) is 6.73 Å². The standard InChI is InChI=1S/C11H15NO/c1-9-11(13-8-12(9)2)10-6-4-3-5-7-10/h3-7,9,11H,8H2,1-2H3/t9-,11-/m1/s1. The maximum absolute atomic E-state index is 5.69. The molecule has 13 heavy (non-hydrogen) atoms. The van der Waals surface area contributed by atoms with Crippen LogP contribution in [0, 0.1) is 0 Å². The van der Waals surface area contributed by atoms with E-state index in [0.29, 0.717) is 6.04 Å². The molecular formula is C11H15NO. The molecule has 1 aromatic rings. The fourth-order valence-electron chi connectivity index (χ4n) is 1.70. The van der Waals surface area contributed by atoms with Crippen LogP contribution < -0.4 is 0 Å². The van der Waals surface area contributed by atoms with E-state index in [2.05, 4.69) is 43.1 Å². The highest BCUT2D eigenvalue weighted by atomic mass is 16.5. The smallest absolute Gasteiger partial charge is 0.1000 e. The maximum atomic E-state index is 5.69. The molecule has 0 amide bonds. The zero-order valence-electron chi connectivity index (χ0n) is 8.10. The van der Waals surface area contributed by atoms with Crippen LogP contribution in [0.4, 0.5) is 0 Å². The second kappa shape index (κ2) is 3.48. The van der Waals surface area contributed by atoms with Crippen molar-refractivity contribution in [3.05, 3.63) is 35.9 Å². The van der Waals surface area contributed by atoms with E-state index in [-0.39, 0.29) is 6.10 Å². The molecule has 1 aliphatic rings. The van der Waals surface area contributed by atoms with E-state index >= 15 is 0 Å². The van der Waals surface area contributed by atoms with E-state index < -0.39 is 0 Å². The molecule has 2 nitrogen and oxygen atoms in total. The Balaban J connectivity index is 2.19. The van der Waals surface area contributed by atoms with Gasteiger partial charge in [-0.2, -0.15) is 0 Å². The van der Waals surface area contributed by atoms with Gasteiger partial charge in [-0.3, -0.25) is 4.90 Å². The van der Waals surface area contributed by atoms with Crippen molar-refractivity contribution in [3.63, 3.8) is 0 Å². The molecule has 0 saturated carbocycles. The molecule has 70 valence electrons. The minimum absolute atomic E-state index is 0.242. The minimum Gasteiger partial charge on any atom is -0.357 e. The number of rotatable bonds is 1. The summed E-state index contributed by atoms with van der Waals surface area (Å²) in [6.07, 6.45) is 0.242. The predicted octanol–water partition coefficient (Wildman–Crippen LogP) is 2.04. The lowest BCUT2D eigenvalue weighted by Gasteiger charge is -2.17. The molecule has 1 fully saturated rings. The van der Waals surface area contributed by atoms with Gasteiger partial charge in [0.05, 0.1) is 12.8 Å². The van der Waals surface area contributed by atoms with Crippen LogP contribution in [0.1, 0.15) is 18.6 Å².